The molecule has 242 valence electrons. The zero-order valence-electron chi connectivity index (χ0n) is 24.5. The van der Waals surface area contributed by atoms with Gasteiger partial charge in [-0.3, -0.25) is 14.3 Å². The largest absolute Gasteiger partial charge is 0.481 e. The summed E-state index contributed by atoms with van der Waals surface area (Å²) in [7, 11) is 0. The van der Waals surface area contributed by atoms with Gasteiger partial charge in [0.05, 0.1) is 34.8 Å². The summed E-state index contributed by atoms with van der Waals surface area (Å²) in [4.78, 5) is 26.9. The van der Waals surface area contributed by atoms with Crippen LogP contribution >= 0.6 is 11.6 Å². The van der Waals surface area contributed by atoms with Gasteiger partial charge in [0.1, 0.15) is 11.9 Å². The molecule has 3 aliphatic carbocycles. The van der Waals surface area contributed by atoms with E-state index in [-0.39, 0.29) is 53.5 Å². The number of hydrogen-bond acceptors (Lipinski definition) is 5. The smallest absolute Gasteiger partial charge is 0.433 e. The van der Waals surface area contributed by atoms with E-state index in [9.17, 15) is 41.8 Å². The van der Waals surface area contributed by atoms with Crippen LogP contribution in [0, 0.1) is 22.7 Å². The highest BCUT2D eigenvalue weighted by Gasteiger charge is 2.63. The molecule has 0 bridgehead atoms. The van der Waals surface area contributed by atoms with Crippen molar-refractivity contribution in [3.63, 3.8) is 0 Å². The molecular formula is C30H35ClF5N3O5. The minimum Gasteiger partial charge on any atom is -0.481 e. The lowest BCUT2D eigenvalue weighted by molar-refractivity contribution is -0.152. The molecule has 1 heterocycles. The van der Waals surface area contributed by atoms with Crippen LogP contribution in [0.1, 0.15) is 93.1 Å². The predicted molar refractivity (Wildman–Crippen MR) is 148 cm³/mol. The molecule has 0 aliphatic heterocycles. The summed E-state index contributed by atoms with van der Waals surface area (Å²) in [6, 6.07) is 2.60. The monoisotopic (exact) mass is 647 g/mol. The summed E-state index contributed by atoms with van der Waals surface area (Å²) in [6.07, 6.45) is -4.19. The Bertz CT molecular complexity index is 1410. The standard InChI is InChI=1S/C30H35ClF5N3O5/c1-28(2)18-11-16(12-19(18)28)38(14-21(40)23-20(31)5-4-6-22(23)44-27(32)33)25(41)17-13-37-39(24(17)30(34,35)36)15-7-9-29(3,10-8-15)26(42)43/h4-6,13,15-16,18-19,21,27,40H,7-12,14H2,1-3H3,(H,42,43)/t15?,16?,18-,19+,21?,29?. The van der Waals surface area contributed by atoms with Crippen LogP contribution in [0.4, 0.5) is 22.0 Å². The van der Waals surface area contributed by atoms with Crippen LogP contribution in [0.3, 0.4) is 0 Å². The van der Waals surface area contributed by atoms with Crippen LogP contribution in [-0.2, 0) is 11.0 Å². The van der Waals surface area contributed by atoms with Crippen LogP contribution in [0.15, 0.2) is 24.4 Å². The van der Waals surface area contributed by atoms with Crippen LogP contribution < -0.4 is 4.74 Å². The van der Waals surface area contributed by atoms with Gasteiger partial charge in [-0.25, -0.2) is 0 Å². The molecule has 1 aromatic heterocycles. The minimum absolute atomic E-state index is 0.0261. The van der Waals surface area contributed by atoms with Crippen molar-refractivity contribution in [3.05, 3.63) is 46.2 Å². The van der Waals surface area contributed by atoms with Gasteiger partial charge in [-0.1, -0.05) is 31.5 Å². The van der Waals surface area contributed by atoms with Crippen molar-refractivity contribution >= 4 is 23.5 Å². The van der Waals surface area contributed by atoms with E-state index in [4.69, 9.17) is 11.6 Å². The molecule has 2 unspecified atom stereocenters. The van der Waals surface area contributed by atoms with E-state index in [2.05, 4.69) is 23.7 Å². The second kappa shape index (κ2) is 11.5. The van der Waals surface area contributed by atoms with Crippen molar-refractivity contribution in [2.45, 2.75) is 90.3 Å². The maximum Gasteiger partial charge on any atom is 0.433 e. The number of aromatic nitrogens is 2. The molecule has 0 spiro atoms. The van der Waals surface area contributed by atoms with Crippen molar-refractivity contribution in [2.24, 2.45) is 22.7 Å². The number of aliphatic hydroxyl groups excluding tert-OH is 1. The van der Waals surface area contributed by atoms with Gasteiger partial charge in [0, 0.05) is 11.6 Å². The SMILES string of the molecule is CC1(C(=O)O)CCC(n2ncc(C(=O)N(CC(O)c3c(Cl)cccc3OC(F)F)C3C[C@@H]4[C@H](C3)C4(C)C)c2C(F)(F)F)CC1. The summed E-state index contributed by atoms with van der Waals surface area (Å²) in [6.45, 7) is 1.98. The molecule has 1 aromatic carbocycles. The maximum atomic E-state index is 14.6. The molecule has 8 nitrogen and oxygen atoms in total. The Balaban J connectivity index is 1.48. The fraction of sp³-hybridized carbons (Fsp3) is 0.633. The molecule has 1 amide bonds. The third kappa shape index (κ3) is 5.89. The number of amides is 1. The zero-order valence-corrected chi connectivity index (χ0v) is 25.2. The molecule has 0 radical (unpaired) electrons. The fourth-order valence-electron chi connectivity index (χ4n) is 7.38. The molecule has 14 heteroatoms. The van der Waals surface area contributed by atoms with Gasteiger partial charge < -0.3 is 19.8 Å². The van der Waals surface area contributed by atoms with Crippen LogP contribution in [0.5, 0.6) is 5.75 Å². The zero-order chi connectivity index (χ0) is 32.4. The number of nitrogens with zero attached hydrogens (tertiary/aromatic N) is 3. The first-order valence-corrected chi connectivity index (χ1v) is 14.9. The molecule has 2 aromatic rings. The summed E-state index contributed by atoms with van der Waals surface area (Å²) >= 11 is 6.24. The minimum atomic E-state index is -4.97. The van der Waals surface area contributed by atoms with E-state index in [0.29, 0.717) is 12.8 Å². The van der Waals surface area contributed by atoms with Crippen LogP contribution in [0.2, 0.25) is 5.02 Å². The molecule has 0 saturated heterocycles. The lowest BCUT2D eigenvalue weighted by Gasteiger charge is -2.35. The van der Waals surface area contributed by atoms with Gasteiger partial charge in [0.2, 0.25) is 0 Å². The Hall–Kier alpha value is -2.93. The van der Waals surface area contributed by atoms with Crippen LogP contribution in [0.25, 0.3) is 0 Å². The molecule has 3 saturated carbocycles. The van der Waals surface area contributed by atoms with E-state index in [0.717, 1.165) is 10.9 Å². The highest BCUT2D eigenvalue weighted by Crippen LogP contribution is 2.67. The van der Waals surface area contributed by atoms with Crippen molar-refractivity contribution in [2.75, 3.05) is 6.54 Å². The third-order valence-corrected chi connectivity index (χ3v) is 10.5. The van der Waals surface area contributed by atoms with Crippen molar-refractivity contribution in [1.29, 1.82) is 0 Å². The summed E-state index contributed by atoms with van der Waals surface area (Å²) < 4.78 is 75.4. The quantitative estimate of drug-likeness (QED) is 0.285. The molecule has 4 atom stereocenters. The molecule has 3 fully saturated rings. The number of ether oxygens (including phenoxy) is 1. The number of halogens is 6. The van der Waals surface area contributed by atoms with Gasteiger partial charge >= 0.3 is 18.8 Å². The van der Waals surface area contributed by atoms with Crippen molar-refractivity contribution < 1.29 is 46.5 Å². The molecular weight excluding hydrogens is 613 g/mol. The third-order valence-electron chi connectivity index (χ3n) is 10.2. The Morgan fingerprint density at radius 1 is 1.16 bits per heavy atom. The molecule has 2 N–H and O–H groups in total. The second-order valence-corrected chi connectivity index (χ2v) is 13.5. The second-order valence-electron chi connectivity index (χ2n) is 13.1. The van der Waals surface area contributed by atoms with E-state index >= 15 is 0 Å². The highest BCUT2D eigenvalue weighted by molar-refractivity contribution is 6.31. The summed E-state index contributed by atoms with van der Waals surface area (Å²) in [5, 5.41) is 24.7. The molecule has 44 heavy (non-hydrogen) atoms. The first kappa shape index (κ1) is 32.5. The van der Waals surface area contributed by atoms with E-state index in [1.807, 2.05) is 0 Å². The number of carbonyl (C=O) groups excluding carboxylic acids is 1. The number of fused-ring (bicyclic) bond motifs is 1. The van der Waals surface area contributed by atoms with E-state index in [1.165, 1.54) is 23.1 Å². The summed E-state index contributed by atoms with van der Waals surface area (Å²) in [5.74, 6) is -1.93. The lowest BCUT2D eigenvalue weighted by Crippen LogP contribution is -2.43. The number of rotatable bonds is 9. The predicted octanol–water partition coefficient (Wildman–Crippen LogP) is 6.97. The fourth-order valence-corrected chi connectivity index (χ4v) is 7.67. The first-order valence-electron chi connectivity index (χ1n) is 14.6. The van der Waals surface area contributed by atoms with Gasteiger partial charge in [0.15, 0.2) is 5.69 Å². The Labute approximate surface area is 256 Å². The number of benzene rings is 1. The summed E-state index contributed by atoms with van der Waals surface area (Å²) in [5.41, 5.74) is -3.17. The number of carboxylic acids is 1. The van der Waals surface area contributed by atoms with Crippen molar-refractivity contribution in [3.8, 4) is 5.75 Å². The average molecular weight is 648 g/mol. The van der Waals surface area contributed by atoms with Crippen LogP contribution in [-0.4, -0.2) is 56.0 Å². The number of carboxylic acid groups (broad SMARTS) is 1. The van der Waals surface area contributed by atoms with Crippen molar-refractivity contribution in [1.82, 2.24) is 14.7 Å². The molecule has 3 aliphatic rings. The van der Waals surface area contributed by atoms with Gasteiger partial charge in [-0.15, -0.1) is 0 Å². The Morgan fingerprint density at radius 3 is 2.32 bits per heavy atom. The Kier molecular flexibility index (Phi) is 8.45. The number of aliphatic carboxylic acids is 1. The van der Waals surface area contributed by atoms with E-state index in [1.54, 1.807) is 6.92 Å². The number of alkyl halides is 5. The molecule has 5 rings (SSSR count). The lowest BCUT2D eigenvalue weighted by atomic mass is 9.74. The number of aliphatic hydroxyl groups is 1. The van der Waals surface area contributed by atoms with Gasteiger partial charge in [-0.05, 0) is 74.8 Å². The topological polar surface area (TPSA) is 105 Å². The average Bonchev–Trinajstić information content (AvgIpc) is 3.35. The first-order chi connectivity index (χ1) is 20.5. The maximum absolute atomic E-state index is 14.6. The highest BCUT2D eigenvalue weighted by atomic mass is 35.5. The number of carbonyl (C=O) groups is 2. The van der Waals surface area contributed by atoms with Gasteiger partial charge in [-0.2, -0.15) is 27.1 Å². The number of hydrogen-bond donors (Lipinski definition) is 2. The normalized spacial score (nSPS) is 28.4. The Morgan fingerprint density at radius 2 is 1.77 bits per heavy atom. The van der Waals surface area contributed by atoms with E-state index < -0.39 is 71.8 Å². The van der Waals surface area contributed by atoms with Gasteiger partial charge in [0.25, 0.3) is 5.91 Å².